The number of hydrogen-bond acceptors (Lipinski definition) is 4. The normalized spacial score (nSPS) is 13.6. The van der Waals surface area contributed by atoms with Crippen LogP contribution in [0, 0.1) is 12.8 Å². The molecular weight excluding hydrogens is 304 g/mol. The second-order valence-electron chi connectivity index (χ2n) is 6.70. The van der Waals surface area contributed by atoms with Crippen LogP contribution in [-0.4, -0.2) is 29.7 Å². The molecule has 0 saturated carbocycles. The Bertz CT molecular complexity index is 531. The van der Waals surface area contributed by atoms with Crippen LogP contribution in [-0.2, 0) is 9.53 Å². The maximum atomic E-state index is 12.7. The van der Waals surface area contributed by atoms with Crippen molar-refractivity contribution in [2.45, 2.75) is 66.4 Å². The van der Waals surface area contributed by atoms with Crippen LogP contribution in [0.5, 0.6) is 5.88 Å². The van der Waals surface area contributed by atoms with Crippen LogP contribution in [0.1, 0.15) is 59.6 Å². The smallest absolute Gasteiger partial charge is 0.256 e. The fourth-order valence-corrected chi connectivity index (χ4v) is 2.64. The van der Waals surface area contributed by atoms with Crippen molar-refractivity contribution >= 4 is 11.6 Å². The van der Waals surface area contributed by atoms with Gasteiger partial charge in [-0.3, -0.25) is 4.79 Å². The van der Waals surface area contributed by atoms with Crippen LogP contribution in [0.2, 0.25) is 0 Å². The Labute approximate surface area is 146 Å². The molecule has 0 aliphatic rings. The monoisotopic (exact) mass is 336 g/mol. The molecule has 1 amide bonds. The highest BCUT2D eigenvalue weighted by Gasteiger charge is 2.35. The van der Waals surface area contributed by atoms with Crippen molar-refractivity contribution in [3.05, 3.63) is 17.8 Å². The lowest BCUT2D eigenvalue weighted by molar-refractivity contribution is -0.140. The molecule has 1 aromatic rings. The minimum Gasteiger partial charge on any atom is -0.478 e. The Morgan fingerprint density at radius 2 is 2.04 bits per heavy atom. The van der Waals surface area contributed by atoms with E-state index in [0.717, 1.165) is 18.5 Å². The standard InChI is InChI=1S/C19H32N2O3/c1-7-9-12-23-17-11-10-16(15(5)20-17)21-18(22)19(6,24-8-2)13-14(3)4/h10-11,14H,7-9,12-13H2,1-6H3,(H,21,22)/t19-/m1/s1. The van der Waals surface area contributed by atoms with Gasteiger partial charge in [0.1, 0.15) is 5.60 Å². The largest absolute Gasteiger partial charge is 0.478 e. The van der Waals surface area contributed by atoms with Gasteiger partial charge >= 0.3 is 0 Å². The zero-order valence-corrected chi connectivity index (χ0v) is 15.9. The molecule has 5 heteroatoms. The van der Waals surface area contributed by atoms with Gasteiger partial charge in [-0.05, 0) is 45.6 Å². The molecule has 0 saturated heterocycles. The lowest BCUT2D eigenvalue weighted by Gasteiger charge is -2.30. The van der Waals surface area contributed by atoms with Gasteiger partial charge in [0.15, 0.2) is 0 Å². The first-order chi connectivity index (χ1) is 11.3. The molecule has 1 rings (SSSR count). The third-order valence-electron chi connectivity index (χ3n) is 3.80. The number of aromatic nitrogens is 1. The second-order valence-corrected chi connectivity index (χ2v) is 6.70. The van der Waals surface area contributed by atoms with Gasteiger partial charge in [0.2, 0.25) is 5.88 Å². The molecule has 0 spiro atoms. The van der Waals surface area contributed by atoms with E-state index in [1.54, 1.807) is 6.07 Å². The molecule has 0 aromatic carbocycles. The molecule has 136 valence electrons. The van der Waals surface area contributed by atoms with Crippen molar-refractivity contribution in [1.82, 2.24) is 4.98 Å². The summed E-state index contributed by atoms with van der Waals surface area (Å²) in [5, 5.41) is 2.95. The van der Waals surface area contributed by atoms with Gasteiger partial charge in [0, 0.05) is 12.7 Å². The molecule has 1 heterocycles. The number of nitrogens with zero attached hydrogens (tertiary/aromatic N) is 1. The van der Waals surface area contributed by atoms with Crippen molar-refractivity contribution in [3.63, 3.8) is 0 Å². The fourth-order valence-electron chi connectivity index (χ4n) is 2.64. The molecule has 0 aliphatic carbocycles. The average Bonchev–Trinajstić information content (AvgIpc) is 2.49. The number of unbranched alkanes of at least 4 members (excludes halogenated alkanes) is 1. The third-order valence-corrected chi connectivity index (χ3v) is 3.80. The summed E-state index contributed by atoms with van der Waals surface area (Å²) in [6.07, 6.45) is 2.75. The number of anilines is 1. The third kappa shape index (κ3) is 6.11. The highest BCUT2D eigenvalue weighted by Crippen LogP contribution is 2.25. The molecule has 1 atom stereocenters. The molecule has 0 aliphatic heterocycles. The summed E-state index contributed by atoms with van der Waals surface area (Å²) < 4.78 is 11.3. The molecule has 24 heavy (non-hydrogen) atoms. The number of aryl methyl sites for hydroxylation is 1. The van der Waals surface area contributed by atoms with E-state index in [-0.39, 0.29) is 5.91 Å². The van der Waals surface area contributed by atoms with Crippen LogP contribution in [0.3, 0.4) is 0 Å². The maximum absolute atomic E-state index is 12.7. The highest BCUT2D eigenvalue weighted by atomic mass is 16.5. The molecule has 1 aromatic heterocycles. The summed E-state index contributed by atoms with van der Waals surface area (Å²) >= 11 is 0. The van der Waals surface area contributed by atoms with Crippen molar-refractivity contribution in [2.24, 2.45) is 5.92 Å². The number of amides is 1. The zero-order valence-electron chi connectivity index (χ0n) is 15.9. The van der Waals surface area contributed by atoms with Crippen molar-refractivity contribution in [2.75, 3.05) is 18.5 Å². The number of ether oxygens (including phenoxy) is 2. The summed E-state index contributed by atoms with van der Waals surface area (Å²) in [6, 6.07) is 3.63. The number of hydrogen-bond donors (Lipinski definition) is 1. The van der Waals surface area contributed by atoms with E-state index in [0.29, 0.717) is 37.1 Å². The Morgan fingerprint density at radius 3 is 2.58 bits per heavy atom. The Hall–Kier alpha value is -1.62. The number of carbonyl (C=O) groups excluding carboxylic acids is 1. The van der Waals surface area contributed by atoms with Gasteiger partial charge in [-0.2, -0.15) is 0 Å². The molecular formula is C19H32N2O3. The van der Waals surface area contributed by atoms with Crippen molar-refractivity contribution in [3.8, 4) is 5.88 Å². The first kappa shape index (κ1) is 20.4. The lowest BCUT2D eigenvalue weighted by Crippen LogP contribution is -2.44. The number of carbonyl (C=O) groups is 1. The van der Waals surface area contributed by atoms with Crippen LogP contribution in [0.15, 0.2) is 12.1 Å². The summed E-state index contributed by atoms with van der Waals surface area (Å²) in [7, 11) is 0. The van der Waals surface area contributed by atoms with Gasteiger partial charge in [-0.15, -0.1) is 0 Å². The lowest BCUT2D eigenvalue weighted by atomic mass is 9.93. The second kappa shape index (κ2) is 9.62. The summed E-state index contributed by atoms with van der Waals surface area (Å²) in [5.41, 5.74) is 0.587. The van der Waals surface area contributed by atoms with E-state index in [4.69, 9.17) is 9.47 Å². The fraction of sp³-hybridized carbons (Fsp3) is 0.684. The maximum Gasteiger partial charge on any atom is 0.256 e. The van der Waals surface area contributed by atoms with Crippen molar-refractivity contribution < 1.29 is 14.3 Å². The topological polar surface area (TPSA) is 60.5 Å². The molecule has 0 bridgehead atoms. The predicted octanol–water partition coefficient (Wildman–Crippen LogP) is 4.35. The summed E-state index contributed by atoms with van der Waals surface area (Å²) in [5.74, 6) is 0.817. The van der Waals surface area contributed by atoms with E-state index < -0.39 is 5.60 Å². The zero-order chi connectivity index (χ0) is 18.2. The minimum absolute atomic E-state index is 0.136. The molecule has 5 nitrogen and oxygen atoms in total. The van der Waals surface area contributed by atoms with E-state index >= 15 is 0 Å². The molecule has 0 radical (unpaired) electrons. The Morgan fingerprint density at radius 1 is 1.33 bits per heavy atom. The number of rotatable bonds is 10. The van der Waals surface area contributed by atoms with Crippen LogP contribution in [0.4, 0.5) is 5.69 Å². The number of pyridine rings is 1. The summed E-state index contributed by atoms with van der Waals surface area (Å²) in [6.45, 7) is 13.1. The molecule has 0 fully saturated rings. The van der Waals surface area contributed by atoms with Crippen molar-refractivity contribution in [1.29, 1.82) is 0 Å². The first-order valence-electron chi connectivity index (χ1n) is 8.88. The molecule has 1 N–H and O–H groups in total. The SMILES string of the molecule is CCCCOc1ccc(NC(=O)[C@@](C)(CC(C)C)OCC)c(C)n1. The highest BCUT2D eigenvalue weighted by molar-refractivity contribution is 5.97. The van der Waals surface area contributed by atoms with Crippen LogP contribution in [0.25, 0.3) is 0 Å². The first-order valence-corrected chi connectivity index (χ1v) is 8.88. The average molecular weight is 336 g/mol. The van der Waals surface area contributed by atoms with E-state index in [9.17, 15) is 4.79 Å². The predicted molar refractivity (Wildman–Crippen MR) is 97.5 cm³/mol. The van der Waals surface area contributed by atoms with Gasteiger partial charge < -0.3 is 14.8 Å². The molecule has 0 unspecified atom stereocenters. The van der Waals surface area contributed by atoms with Crippen LogP contribution < -0.4 is 10.1 Å². The van der Waals surface area contributed by atoms with Gasteiger partial charge in [-0.1, -0.05) is 27.2 Å². The van der Waals surface area contributed by atoms with E-state index in [1.165, 1.54) is 0 Å². The van der Waals surface area contributed by atoms with Gasteiger partial charge in [0.25, 0.3) is 5.91 Å². The Balaban J connectivity index is 2.81. The van der Waals surface area contributed by atoms with Gasteiger partial charge in [-0.25, -0.2) is 4.98 Å². The quantitative estimate of drug-likeness (QED) is 0.645. The van der Waals surface area contributed by atoms with Gasteiger partial charge in [0.05, 0.1) is 18.0 Å². The Kier molecular flexibility index (Phi) is 8.19. The summed E-state index contributed by atoms with van der Waals surface area (Å²) in [4.78, 5) is 17.1. The van der Waals surface area contributed by atoms with E-state index in [2.05, 4.69) is 31.1 Å². The minimum atomic E-state index is -0.842. The van der Waals surface area contributed by atoms with E-state index in [1.807, 2.05) is 26.8 Å². The number of nitrogens with one attached hydrogen (secondary N) is 1. The van der Waals surface area contributed by atoms with Crippen LogP contribution >= 0.6 is 0 Å².